The number of rotatable bonds is 10. The molecule has 0 aromatic heterocycles. The quantitative estimate of drug-likeness (QED) is 0.219. The third kappa shape index (κ3) is 13.8. The molecule has 2 aliphatic rings. The van der Waals surface area contributed by atoms with E-state index in [1.807, 2.05) is 0 Å². The van der Waals surface area contributed by atoms with Gasteiger partial charge in [-0.3, -0.25) is 0 Å². The maximum atomic E-state index is 10.1. The predicted molar refractivity (Wildman–Crippen MR) is 192 cm³/mol. The summed E-state index contributed by atoms with van der Waals surface area (Å²) in [5, 5.41) is 27.2. The van der Waals surface area contributed by atoms with Crippen molar-refractivity contribution in [1.82, 2.24) is 0 Å². The number of aliphatic hydroxyl groups excluding tert-OH is 3. The van der Waals surface area contributed by atoms with Crippen LogP contribution in [-0.2, 0) is 0 Å². The van der Waals surface area contributed by atoms with E-state index in [0.29, 0.717) is 0 Å². The van der Waals surface area contributed by atoms with E-state index in [1.165, 1.54) is 44.6 Å². The van der Waals surface area contributed by atoms with E-state index in [4.69, 9.17) is 5.11 Å². The minimum atomic E-state index is -0.227. The minimum Gasteiger partial charge on any atom is -0.400 e. The molecule has 0 aliphatic heterocycles. The summed E-state index contributed by atoms with van der Waals surface area (Å²) in [7, 11) is 1.00. The molecule has 3 nitrogen and oxygen atoms in total. The SMILES string of the molecule is CC1=C(/C=C/C(C)=C/C=C/C(C)=C/C=C/C=C(C)/C=C/C=C(C)/C=C/C2=C(C)C[C@@H](O)CC2(C)C)C(C)(C)C[C@H](O)C1.CO. The second-order valence-electron chi connectivity index (χ2n) is 13.7. The summed E-state index contributed by atoms with van der Waals surface area (Å²) in [5.41, 5.74) is 10.1. The van der Waals surface area contributed by atoms with E-state index in [2.05, 4.69) is 154 Å². The number of hydrogen-bond acceptors (Lipinski definition) is 3. The zero-order valence-corrected chi connectivity index (χ0v) is 29.4. The lowest BCUT2D eigenvalue weighted by atomic mass is 9.71. The Balaban J connectivity index is 0.00000474. The van der Waals surface area contributed by atoms with Crippen LogP contribution in [-0.4, -0.2) is 34.6 Å². The molecule has 0 fully saturated rings. The molecular formula is C41H60O3. The Morgan fingerprint density at radius 2 is 0.841 bits per heavy atom. The highest BCUT2D eigenvalue weighted by Crippen LogP contribution is 2.42. The summed E-state index contributed by atoms with van der Waals surface area (Å²) < 4.78 is 0. The summed E-state index contributed by atoms with van der Waals surface area (Å²) in [6.07, 6.45) is 32.6. The second-order valence-corrected chi connectivity index (χ2v) is 13.7. The molecule has 0 saturated carbocycles. The van der Waals surface area contributed by atoms with Gasteiger partial charge < -0.3 is 15.3 Å². The lowest BCUT2D eigenvalue weighted by molar-refractivity contribution is 0.116. The number of allylic oxidation sites excluding steroid dienone is 20. The molecule has 0 aromatic rings. The summed E-state index contributed by atoms with van der Waals surface area (Å²) in [4.78, 5) is 0. The highest BCUT2D eigenvalue weighted by Gasteiger charge is 2.32. The van der Waals surface area contributed by atoms with Gasteiger partial charge in [-0.05, 0) is 89.2 Å². The Hall–Kier alpha value is -2.98. The fourth-order valence-electron chi connectivity index (χ4n) is 6.13. The molecule has 0 radical (unpaired) electrons. The van der Waals surface area contributed by atoms with Crippen molar-refractivity contribution in [3.05, 3.63) is 130 Å². The van der Waals surface area contributed by atoms with Gasteiger partial charge in [0.05, 0.1) is 12.2 Å². The van der Waals surface area contributed by atoms with E-state index >= 15 is 0 Å². The smallest absolute Gasteiger partial charge is 0.0585 e. The van der Waals surface area contributed by atoms with Crippen LogP contribution in [0.2, 0.25) is 0 Å². The Morgan fingerprint density at radius 1 is 0.545 bits per heavy atom. The van der Waals surface area contributed by atoms with Crippen molar-refractivity contribution in [2.24, 2.45) is 10.8 Å². The van der Waals surface area contributed by atoms with E-state index in [9.17, 15) is 10.2 Å². The Morgan fingerprint density at radius 3 is 1.16 bits per heavy atom. The second kappa shape index (κ2) is 18.7. The fraction of sp³-hybridized carbons (Fsp3) is 0.463. The van der Waals surface area contributed by atoms with Crippen molar-refractivity contribution in [1.29, 1.82) is 0 Å². The fourth-order valence-corrected chi connectivity index (χ4v) is 6.13. The summed E-state index contributed by atoms with van der Waals surface area (Å²) in [6.45, 7) is 21.6. The minimum absolute atomic E-state index is 0.00547. The highest BCUT2D eigenvalue weighted by molar-refractivity contribution is 5.39. The van der Waals surface area contributed by atoms with Crippen molar-refractivity contribution in [2.45, 2.75) is 107 Å². The van der Waals surface area contributed by atoms with Gasteiger partial charge in [0, 0.05) is 7.11 Å². The maximum Gasteiger partial charge on any atom is 0.0585 e. The maximum absolute atomic E-state index is 10.1. The molecule has 3 N–H and O–H groups in total. The van der Waals surface area contributed by atoms with Crippen molar-refractivity contribution in [3.63, 3.8) is 0 Å². The van der Waals surface area contributed by atoms with Gasteiger partial charge in [-0.15, -0.1) is 0 Å². The first-order chi connectivity index (χ1) is 20.6. The van der Waals surface area contributed by atoms with Gasteiger partial charge in [-0.1, -0.05) is 146 Å². The van der Waals surface area contributed by atoms with Crippen LogP contribution in [0, 0.1) is 10.8 Å². The number of hydrogen-bond donors (Lipinski definition) is 3. The van der Waals surface area contributed by atoms with Crippen LogP contribution in [0.3, 0.4) is 0 Å². The normalized spacial score (nSPS) is 24.0. The molecule has 2 aliphatic carbocycles. The molecule has 44 heavy (non-hydrogen) atoms. The zero-order chi connectivity index (χ0) is 33.5. The molecule has 0 saturated heterocycles. The first-order valence-corrected chi connectivity index (χ1v) is 15.9. The molecule has 2 rings (SSSR count). The van der Waals surface area contributed by atoms with Crippen LogP contribution in [0.5, 0.6) is 0 Å². The molecule has 0 spiro atoms. The lowest BCUT2D eigenvalue weighted by Gasteiger charge is -2.35. The third-order valence-electron chi connectivity index (χ3n) is 8.24. The van der Waals surface area contributed by atoms with Crippen molar-refractivity contribution in [2.75, 3.05) is 7.11 Å². The standard InChI is InChI=1S/C40H56O2.CH4O/c1-29(17-13-19-31(3)21-23-37-33(5)25-35(41)27-39(37,7)8)15-11-12-16-30(2)18-14-20-32(4)22-24-38-34(6)26-36(42)28-40(38,9)10;1-2/h11-24,35-36,41-42H,25-28H2,1-10H3;2H,1H3/b12-11+,17-13+,18-14+,23-21+,24-22+,29-15+,30-16+,31-19+,32-20+;/t35-,36-;/m1./s1. The van der Waals surface area contributed by atoms with Crippen molar-refractivity contribution >= 4 is 0 Å². The van der Waals surface area contributed by atoms with Crippen LogP contribution in [0.4, 0.5) is 0 Å². The van der Waals surface area contributed by atoms with Gasteiger partial charge in [0.1, 0.15) is 0 Å². The van der Waals surface area contributed by atoms with Gasteiger partial charge in [-0.25, -0.2) is 0 Å². The molecular weight excluding hydrogens is 540 g/mol. The zero-order valence-electron chi connectivity index (χ0n) is 29.4. The van der Waals surface area contributed by atoms with E-state index in [-0.39, 0.29) is 23.0 Å². The van der Waals surface area contributed by atoms with Crippen molar-refractivity contribution in [3.8, 4) is 0 Å². The molecule has 242 valence electrons. The van der Waals surface area contributed by atoms with Gasteiger partial charge in [0.15, 0.2) is 0 Å². The molecule has 3 heteroatoms. The number of aliphatic hydroxyl groups is 3. The molecule has 0 amide bonds. The Labute approximate surface area is 269 Å². The monoisotopic (exact) mass is 600 g/mol. The van der Waals surface area contributed by atoms with Crippen LogP contribution >= 0.6 is 0 Å². The lowest BCUT2D eigenvalue weighted by Crippen LogP contribution is -2.28. The van der Waals surface area contributed by atoms with Crippen LogP contribution in [0.15, 0.2) is 130 Å². The largest absolute Gasteiger partial charge is 0.400 e. The average Bonchev–Trinajstić information content (AvgIpc) is 2.90. The molecule has 0 aromatic carbocycles. The molecule has 0 heterocycles. The average molecular weight is 601 g/mol. The van der Waals surface area contributed by atoms with Gasteiger partial charge >= 0.3 is 0 Å². The highest BCUT2D eigenvalue weighted by atomic mass is 16.3. The first-order valence-electron chi connectivity index (χ1n) is 15.9. The van der Waals surface area contributed by atoms with E-state index in [1.54, 1.807) is 0 Å². The van der Waals surface area contributed by atoms with E-state index in [0.717, 1.165) is 32.8 Å². The van der Waals surface area contributed by atoms with Crippen molar-refractivity contribution < 1.29 is 15.3 Å². The molecule has 0 unspecified atom stereocenters. The first kappa shape index (κ1) is 39.0. The third-order valence-corrected chi connectivity index (χ3v) is 8.24. The Kier molecular flexibility index (Phi) is 16.6. The summed E-state index contributed by atoms with van der Waals surface area (Å²) in [5.74, 6) is 0. The molecule has 0 bridgehead atoms. The van der Waals surface area contributed by atoms with Gasteiger partial charge in [-0.2, -0.15) is 0 Å². The van der Waals surface area contributed by atoms with Crippen LogP contribution in [0.25, 0.3) is 0 Å². The predicted octanol–water partition coefficient (Wildman–Crippen LogP) is 10.2. The van der Waals surface area contributed by atoms with Gasteiger partial charge in [0.25, 0.3) is 0 Å². The molecule has 2 atom stereocenters. The topological polar surface area (TPSA) is 60.7 Å². The summed E-state index contributed by atoms with van der Waals surface area (Å²) in [6, 6.07) is 0. The van der Waals surface area contributed by atoms with E-state index < -0.39 is 0 Å². The summed E-state index contributed by atoms with van der Waals surface area (Å²) >= 11 is 0. The van der Waals surface area contributed by atoms with Gasteiger partial charge in [0.2, 0.25) is 0 Å². The van der Waals surface area contributed by atoms with Crippen LogP contribution in [0.1, 0.15) is 94.9 Å². The van der Waals surface area contributed by atoms with Crippen LogP contribution < -0.4 is 0 Å². The Bertz CT molecular complexity index is 1190.